The van der Waals surface area contributed by atoms with Gasteiger partial charge in [0.15, 0.2) is 0 Å². The summed E-state index contributed by atoms with van der Waals surface area (Å²) in [6, 6.07) is 17.5. The standard InChI is InChI=1S/C14H8.2Li/c1-2-6-12-10-14-8-4-3-7-13(14)9-11(12)5-1;;/h1-3,5-7,9-10H;;. The summed E-state index contributed by atoms with van der Waals surface area (Å²) in [5.74, 6) is 0. The summed E-state index contributed by atoms with van der Waals surface area (Å²) in [5, 5.41) is 5.35. The summed E-state index contributed by atoms with van der Waals surface area (Å²) in [4.78, 5) is 0. The van der Waals surface area contributed by atoms with Gasteiger partial charge in [0.2, 0.25) is 0 Å². The van der Waals surface area contributed by atoms with Crippen LogP contribution in [0.4, 0.5) is 0 Å². The Morgan fingerprint density at radius 2 is 1.38 bits per heavy atom. The fraction of sp³-hybridized carbons (Fsp3) is 0. The van der Waals surface area contributed by atoms with Crippen LogP contribution in [0.25, 0.3) is 21.5 Å². The van der Waals surface area contributed by atoms with Crippen LogP contribution >= 0.6 is 0 Å². The van der Waals surface area contributed by atoms with Crippen molar-refractivity contribution < 1.29 is 0 Å². The second-order valence-corrected chi connectivity index (χ2v) is 4.43. The zero-order chi connectivity index (χ0) is 11.1. The molecule has 0 aliphatic carbocycles. The molecule has 0 amide bonds. The molecule has 0 atom stereocenters. The molecule has 2 heteroatoms. The van der Waals surface area contributed by atoms with Gasteiger partial charge in [-0.2, -0.15) is 0 Å². The predicted molar refractivity (Wildman–Crippen MR) is 72.2 cm³/mol. The SMILES string of the molecule is [Li][c]1ccc2cc3ccccc3cc2[c]1[Li]. The van der Waals surface area contributed by atoms with E-state index in [4.69, 9.17) is 0 Å². The van der Waals surface area contributed by atoms with Crippen LogP contribution in [-0.2, 0) is 0 Å². The van der Waals surface area contributed by atoms with Gasteiger partial charge in [0.25, 0.3) is 0 Å². The van der Waals surface area contributed by atoms with Gasteiger partial charge in [-0.15, -0.1) is 0 Å². The van der Waals surface area contributed by atoms with Crippen molar-refractivity contribution in [3.05, 3.63) is 48.5 Å². The fourth-order valence-electron chi connectivity index (χ4n) is 2.27. The first-order valence-electron chi connectivity index (χ1n) is 5.64. The van der Waals surface area contributed by atoms with Crippen molar-refractivity contribution >= 4 is 65.4 Å². The first-order valence-corrected chi connectivity index (χ1v) is 5.64. The molecule has 0 saturated heterocycles. The minimum absolute atomic E-state index is 1.32. The van der Waals surface area contributed by atoms with Gasteiger partial charge in [-0.25, -0.2) is 0 Å². The third-order valence-corrected chi connectivity index (χ3v) is 3.43. The summed E-state index contributed by atoms with van der Waals surface area (Å²) >= 11 is 4.37. The summed E-state index contributed by atoms with van der Waals surface area (Å²) < 4.78 is 2.76. The Morgan fingerprint density at radius 3 is 2.12 bits per heavy atom. The van der Waals surface area contributed by atoms with Crippen molar-refractivity contribution in [1.29, 1.82) is 0 Å². The van der Waals surface area contributed by atoms with Crippen LogP contribution in [0.5, 0.6) is 0 Å². The fourth-order valence-corrected chi connectivity index (χ4v) is 2.27. The van der Waals surface area contributed by atoms with Gasteiger partial charge < -0.3 is 0 Å². The maximum atomic E-state index is 2.30. The molecule has 0 aliphatic rings. The summed E-state index contributed by atoms with van der Waals surface area (Å²) in [6.45, 7) is 0. The van der Waals surface area contributed by atoms with Crippen LogP contribution in [0.15, 0.2) is 48.5 Å². The second-order valence-electron chi connectivity index (χ2n) is 4.43. The molecule has 0 radical (unpaired) electrons. The molecule has 0 aromatic heterocycles. The second kappa shape index (κ2) is 3.99. The van der Waals surface area contributed by atoms with E-state index < -0.39 is 0 Å². The average Bonchev–Trinajstić information content (AvgIpc) is 2.32. The molecule has 0 nitrogen and oxygen atoms in total. The quantitative estimate of drug-likeness (QED) is 0.373. The van der Waals surface area contributed by atoms with E-state index in [1.165, 1.54) is 30.0 Å². The van der Waals surface area contributed by atoms with E-state index >= 15 is 0 Å². The topological polar surface area (TPSA) is 0 Å². The molecule has 0 fully saturated rings. The Balaban J connectivity index is 2.51. The van der Waals surface area contributed by atoms with Crippen molar-refractivity contribution in [3.8, 4) is 0 Å². The van der Waals surface area contributed by atoms with E-state index in [9.17, 15) is 0 Å². The first kappa shape index (κ1) is 10.5. The predicted octanol–water partition coefficient (Wildman–Crippen LogP) is 1.58. The number of fused-ring (bicyclic) bond motifs is 2. The molecule has 3 rings (SSSR count). The van der Waals surface area contributed by atoms with Crippen LogP contribution in [0.1, 0.15) is 0 Å². The van der Waals surface area contributed by atoms with Gasteiger partial charge in [-0.1, -0.05) is 0 Å². The number of benzene rings is 3. The van der Waals surface area contributed by atoms with Gasteiger partial charge in [-0.05, 0) is 0 Å². The summed E-state index contributed by atoms with van der Waals surface area (Å²) in [6.07, 6.45) is 0. The Morgan fingerprint density at radius 1 is 0.688 bits per heavy atom. The molecule has 0 saturated carbocycles. The molecule has 0 bridgehead atoms. The molecule has 0 spiro atoms. The number of hydrogen-bond acceptors (Lipinski definition) is 0. The van der Waals surface area contributed by atoms with Crippen molar-refractivity contribution in [2.75, 3.05) is 0 Å². The zero-order valence-electron chi connectivity index (χ0n) is 9.62. The van der Waals surface area contributed by atoms with E-state index in [1.54, 1.807) is 0 Å². The van der Waals surface area contributed by atoms with Crippen molar-refractivity contribution in [1.82, 2.24) is 0 Å². The van der Waals surface area contributed by atoms with Gasteiger partial charge >= 0.3 is 114 Å². The molecular weight excluding hydrogens is 182 g/mol. The minimum atomic E-state index is 1.32. The Hall–Kier alpha value is -0.625. The van der Waals surface area contributed by atoms with Gasteiger partial charge in [-0.3, -0.25) is 0 Å². The Kier molecular flexibility index (Phi) is 2.63. The van der Waals surface area contributed by atoms with Crippen LogP contribution in [0, 0.1) is 0 Å². The maximum absolute atomic E-state index is 2.30. The average molecular weight is 190 g/mol. The molecule has 3 aromatic rings. The van der Waals surface area contributed by atoms with E-state index in [0.717, 1.165) is 0 Å². The van der Waals surface area contributed by atoms with E-state index in [-0.39, 0.29) is 0 Å². The third kappa shape index (κ3) is 1.64. The monoisotopic (exact) mass is 190 g/mol. The van der Waals surface area contributed by atoms with E-state index in [1.807, 2.05) is 0 Å². The molecule has 66 valence electrons. The normalized spacial score (nSPS) is 11.2. The van der Waals surface area contributed by atoms with E-state index in [0.29, 0.717) is 0 Å². The molecule has 16 heavy (non-hydrogen) atoms. The first-order chi connectivity index (χ1) is 7.75. The van der Waals surface area contributed by atoms with Crippen LogP contribution in [-0.4, -0.2) is 35.4 Å². The molecular formula is C14H8Li2. The number of hydrogen-bond donors (Lipinski definition) is 0. The molecule has 0 unspecified atom stereocenters. The Bertz CT molecular complexity index is 687. The Labute approximate surface area is 113 Å². The van der Waals surface area contributed by atoms with Crippen molar-refractivity contribution in [3.63, 3.8) is 0 Å². The van der Waals surface area contributed by atoms with Crippen molar-refractivity contribution in [2.24, 2.45) is 0 Å². The summed E-state index contributed by atoms with van der Waals surface area (Å²) in [5.41, 5.74) is 0. The van der Waals surface area contributed by atoms with Crippen LogP contribution in [0.3, 0.4) is 0 Å². The molecule has 0 aliphatic heterocycles. The van der Waals surface area contributed by atoms with Crippen LogP contribution < -0.4 is 8.47 Å². The van der Waals surface area contributed by atoms with Gasteiger partial charge in [0.05, 0.1) is 0 Å². The summed E-state index contributed by atoms with van der Waals surface area (Å²) in [7, 11) is 0. The third-order valence-electron chi connectivity index (χ3n) is 3.43. The van der Waals surface area contributed by atoms with E-state index in [2.05, 4.69) is 84.0 Å². The molecule has 0 N–H and O–H groups in total. The van der Waals surface area contributed by atoms with Gasteiger partial charge in [0, 0.05) is 0 Å². The molecule has 3 aromatic carbocycles. The zero-order valence-corrected chi connectivity index (χ0v) is 9.62. The van der Waals surface area contributed by atoms with Crippen molar-refractivity contribution in [2.45, 2.75) is 0 Å². The number of rotatable bonds is 0. The van der Waals surface area contributed by atoms with Gasteiger partial charge in [0.1, 0.15) is 0 Å². The molecule has 0 heterocycles. The van der Waals surface area contributed by atoms with Crippen LogP contribution in [0.2, 0.25) is 0 Å².